The molecule has 216 valence electrons. The highest BCUT2D eigenvalue weighted by atomic mass is 32.1. The number of rotatable bonds is 11. The first kappa shape index (κ1) is 29.2. The second-order valence-electron chi connectivity index (χ2n) is 9.19. The lowest BCUT2D eigenvalue weighted by atomic mass is 10.1. The van der Waals surface area contributed by atoms with Crippen molar-refractivity contribution in [2.24, 2.45) is 0 Å². The van der Waals surface area contributed by atoms with Gasteiger partial charge in [-0.25, -0.2) is 4.98 Å². The van der Waals surface area contributed by atoms with Crippen molar-refractivity contribution in [2.75, 3.05) is 37.7 Å². The van der Waals surface area contributed by atoms with Gasteiger partial charge in [0.25, 0.3) is 11.8 Å². The quantitative estimate of drug-likeness (QED) is 0.185. The zero-order valence-corrected chi connectivity index (χ0v) is 24.6. The smallest absolute Gasteiger partial charge is 0.272 e. The van der Waals surface area contributed by atoms with Crippen molar-refractivity contribution in [3.05, 3.63) is 47.7 Å². The van der Waals surface area contributed by atoms with Crippen LogP contribution in [0.15, 0.2) is 46.7 Å². The molecule has 0 fully saturated rings. The van der Waals surface area contributed by atoms with Crippen molar-refractivity contribution in [3.63, 3.8) is 0 Å². The first-order valence-corrected chi connectivity index (χ1v) is 13.3. The summed E-state index contributed by atoms with van der Waals surface area (Å²) < 4.78 is 27.2. The minimum Gasteiger partial charge on any atom is -0.493 e. The number of anilines is 4. The van der Waals surface area contributed by atoms with E-state index in [4.69, 9.17) is 29.2 Å². The molecule has 0 radical (unpaired) electrons. The molecule has 1 amide bonds. The lowest BCUT2D eigenvalue weighted by molar-refractivity contribution is -0.123. The molecule has 0 bridgehead atoms. The summed E-state index contributed by atoms with van der Waals surface area (Å²) >= 11 is 1.25. The second-order valence-corrected chi connectivity index (χ2v) is 10.2. The molecule has 4 rings (SSSR count). The number of nitrogens with two attached hydrogens (primary N) is 1. The van der Waals surface area contributed by atoms with Crippen LogP contribution in [0, 0.1) is 6.92 Å². The Kier molecular flexibility index (Phi) is 8.97. The summed E-state index contributed by atoms with van der Waals surface area (Å²) in [6.07, 6.45) is 0.895. The average Bonchev–Trinajstić information content (AvgIpc) is 3.58. The summed E-state index contributed by atoms with van der Waals surface area (Å²) in [5.74, 6) is 1.95. The number of benzene rings is 2. The van der Waals surface area contributed by atoms with E-state index in [2.05, 4.69) is 25.8 Å². The Morgan fingerprint density at radius 1 is 1.05 bits per heavy atom. The van der Waals surface area contributed by atoms with Crippen LogP contribution in [0.5, 0.6) is 17.2 Å². The topological polar surface area (TPSA) is 156 Å². The molecule has 12 nitrogen and oxygen atoms in total. The number of thiazole rings is 1. The van der Waals surface area contributed by atoms with Crippen LogP contribution >= 0.6 is 11.3 Å². The number of aromatic nitrogens is 3. The highest BCUT2D eigenvalue weighted by Crippen LogP contribution is 2.42. The van der Waals surface area contributed by atoms with E-state index in [1.165, 1.54) is 18.4 Å². The van der Waals surface area contributed by atoms with Gasteiger partial charge in [-0.3, -0.25) is 4.79 Å². The molecular formula is C28H32N6O6S. The first-order chi connectivity index (χ1) is 19.6. The predicted octanol–water partition coefficient (Wildman–Crippen LogP) is 5.79. The van der Waals surface area contributed by atoms with Crippen LogP contribution in [-0.2, 0) is 9.53 Å². The average molecular weight is 581 g/mol. The van der Waals surface area contributed by atoms with Crippen molar-refractivity contribution < 1.29 is 28.3 Å². The van der Waals surface area contributed by atoms with E-state index in [0.717, 1.165) is 11.1 Å². The largest absolute Gasteiger partial charge is 0.493 e. The van der Waals surface area contributed by atoms with E-state index < -0.39 is 6.10 Å². The van der Waals surface area contributed by atoms with Gasteiger partial charge in [0.2, 0.25) is 11.6 Å². The molecule has 1 unspecified atom stereocenters. The highest BCUT2D eigenvalue weighted by Gasteiger charge is 2.21. The third kappa shape index (κ3) is 6.69. The summed E-state index contributed by atoms with van der Waals surface area (Å²) in [6, 6.07) is 8.96. The number of nitrogens with zero attached hydrogens (tertiary/aromatic N) is 3. The minimum atomic E-state index is -0.663. The fourth-order valence-corrected chi connectivity index (χ4v) is 4.55. The maximum Gasteiger partial charge on any atom is 0.272 e. The van der Waals surface area contributed by atoms with Gasteiger partial charge in [-0.05, 0) is 51.0 Å². The van der Waals surface area contributed by atoms with Gasteiger partial charge in [0, 0.05) is 29.1 Å². The van der Waals surface area contributed by atoms with Gasteiger partial charge in [-0.2, -0.15) is 4.98 Å². The standard InChI is InChI=1S/C28H32N6O6S/c1-14(2)13-39-16(4)26(35)30-17-9-8-15(3)19(10-17)25-33-27(40-34-25)23-24(29)32-28(41-23)31-18-11-20(36-5)22(38-7)21(12-18)37-6/h8-13,16H,29H2,1-7H3,(H,30,35)(H,31,32). The third-order valence-electron chi connectivity index (χ3n) is 5.81. The molecule has 13 heteroatoms. The van der Waals surface area contributed by atoms with E-state index in [1.54, 1.807) is 51.7 Å². The molecule has 0 aliphatic carbocycles. The molecule has 0 saturated heterocycles. The van der Waals surface area contributed by atoms with Gasteiger partial charge >= 0.3 is 0 Å². The molecule has 2 aromatic carbocycles. The van der Waals surface area contributed by atoms with E-state index in [0.29, 0.717) is 50.0 Å². The maximum atomic E-state index is 12.6. The van der Waals surface area contributed by atoms with Gasteiger partial charge in [0.05, 0.1) is 27.6 Å². The molecule has 0 aliphatic rings. The second kappa shape index (κ2) is 12.6. The fraction of sp³-hybridized carbons (Fsp3) is 0.286. The molecule has 41 heavy (non-hydrogen) atoms. The monoisotopic (exact) mass is 580 g/mol. The molecule has 4 N–H and O–H groups in total. The summed E-state index contributed by atoms with van der Waals surface area (Å²) in [5.41, 5.74) is 9.98. The number of amides is 1. The number of ether oxygens (including phenoxy) is 4. The Morgan fingerprint density at radius 2 is 1.76 bits per heavy atom. The van der Waals surface area contributed by atoms with E-state index in [9.17, 15) is 4.79 Å². The summed E-state index contributed by atoms with van der Waals surface area (Å²) in [5, 5.41) is 10.7. The molecule has 0 saturated carbocycles. The molecule has 2 aromatic heterocycles. The maximum absolute atomic E-state index is 12.6. The Morgan fingerprint density at radius 3 is 2.39 bits per heavy atom. The third-order valence-corrected chi connectivity index (χ3v) is 6.79. The van der Waals surface area contributed by atoms with Crippen molar-refractivity contribution in [1.82, 2.24) is 15.1 Å². The number of nitrogens with one attached hydrogen (secondary N) is 2. The Balaban J connectivity index is 1.55. The molecule has 0 spiro atoms. The summed E-state index contributed by atoms with van der Waals surface area (Å²) in [6.45, 7) is 7.38. The molecule has 2 heterocycles. The number of aryl methyl sites for hydroxylation is 1. The molecule has 4 aromatic rings. The van der Waals surface area contributed by atoms with Crippen molar-refractivity contribution in [2.45, 2.75) is 33.8 Å². The SMILES string of the molecule is COc1cc(Nc2nc(N)c(-c3nc(-c4cc(NC(=O)C(C)OC=C(C)C)ccc4C)no3)s2)cc(OC)c1OC. The van der Waals surface area contributed by atoms with Crippen molar-refractivity contribution >= 4 is 39.6 Å². The van der Waals surface area contributed by atoms with E-state index in [1.807, 2.05) is 26.8 Å². The molecule has 1 atom stereocenters. The number of nitrogen functional groups attached to an aromatic ring is 1. The van der Waals surface area contributed by atoms with Gasteiger partial charge < -0.3 is 39.8 Å². The van der Waals surface area contributed by atoms with Gasteiger partial charge in [-0.15, -0.1) is 0 Å². The molecule has 0 aliphatic heterocycles. The number of hydrogen-bond donors (Lipinski definition) is 3. The lowest BCUT2D eigenvalue weighted by Crippen LogP contribution is -2.26. The Labute approximate surface area is 241 Å². The van der Waals surface area contributed by atoms with Crippen LogP contribution in [0.2, 0.25) is 0 Å². The van der Waals surface area contributed by atoms with Gasteiger partial charge in [0.1, 0.15) is 10.7 Å². The van der Waals surface area contributed by atoms with Crippen LogP contribution in [0.1, 0.15) is 26.3 Å². The number of hydrogen-bond acceptors (Lipinski definition) is 12. The summed E-state index contributed by atoms with van der Waals surface area (Å²) in [7, 11) is 4.62. The lowest BCUT2D eigenvalue weighted by Gasteiger charge is -2.14. The fourth-order valence-electron chi connectivity index (χ4n) is 3.72. The van der Waals surface area contributed by atoms with E-state index in [-0.39, 0.29) is 17.6 Å². The van der Waals surface area contributed by atoms with Crippen LogP contribution in [0.3, 0.4) is 0 Å². The van der Waals surface area contributed by atoms with Crippen molar-refractivity contribution in [1.29, 1.82) is 0 Å². The number of allylic oxidation sites excluding steroid dienone is 1. The van der Waals surface area contributed by atoms with Crippen LogP contribution in [0.4, 0.5) is 22.3 Å². The van der Waals surface area contributed by atoms with Crippen LogP contribution < -0.4 is 30.6 Å². The van der Waals surface area contributed by atoms with Crippen LogP contribution in [-0.4, -0.2) is 48.5 Å². The Bertz CT molecular complexity index is 1550. The number of carbonyl (C=O) groups is 1. The number of methoxy groups -OCH3 is 3. The zero-order chi connectivity index (χ0) is 29.7. The van der Waals surface area contributed by atoms with Crippen LogP contribution in [0.25, 0.3) is 22.2 Å². The minimum absolute atomic E-state index is 0.213. The predicted molar refractivity (Wildman–Crippen MR) is 158 cm³/mol. The number of carbonyl (C=O) groups excluding carboxylic acids is 1. The first-order valence-electron chi connectivity index (χ1n) is 12.5. The van der Waals surface area contributed by atoms with Gasteiger partial charge in [0.15, 0.2) is 22.7 Å². The Hall–Kier alpha value is -4.78. The van der Waals surface area contributed by atoms with E-state index >= 15 is 0 Å². The van der Waals surface area contributed by atoms with Crippen molar-refractivity contribution in [3.8, 4) is 39.4 Å². The summed E-state index contributed by atoms with van der Waals surface area (Å²) in [4.78, 5) is 22.0. The molecular weight excluding hydrogens is 548 g/mol. The highest BCUT2D eigenvalue weighted by molar-refractivity contribution is 7.19. The normalized spacial score (nSPS) is 11.4. The zero-order valence-electron chi connectivity index (χ0n) is 23.8. The van der Waals surface area contributed by atoms with Gasteiger partial charge in [-0.1, -0.05) is 22.6 Å².